The van der Waals surface area contributed by atoms with Crippen molar-refractivity contribution in [2.24, 2.45) is 0 Å². The molecule has 0 saturated heterocycles. The van der Waals surface area contributed by atoms with Crippen molar-refractivity contribution >= 4 is 23.4 Å². The summed E-state index contributed by atoms with van der Waals surface area (Å²) in [5.41, 5.74) is 0. The third-order valence-electron chi connectivity index (χ3n) is 1.86. The van der Waals surface area contributed by atoms with E-state index in [1.807, 2.05) is 0 Å². The lowest BCUT2D eigenvalue weighted by Crippen LogP contribution is -2.26. The lowest BCUT2D eigenvalue weighted by atomic mass is 10.1. The van der Waals surface area contributed by atoms with Crippen LogP contribution in [0.5, 0.6) is 0 Å². The number of carbonyl (C=O) groups excluding carboxylic acids is 2. The molecule has 1 atom stereocenters. The predicted octanol–water partition coefficient (Wildman–Crippen LogP) is 2.47. The standard InChI is InChI=1S/C11H17ClO3/c1-3-5-6-7-8-9(13)10(12)11(14)15-4-2/h3,10H,1,4-8H2,2H3. The summed E-state index contributed by atoms with van der Waals surface area (Å²) < 4.78 is 4.64. The number of alkyl halides is 1. The Labute approximate surface area is 95.4 Å². The average Bonchev–Trinajstić information content (AvgIpc) is 2.23. The SMILES string of the molecule is C=CCCCCC(=O)C(Cl)C(=O)OCC. The van der Waals surface area contributed by atoms with Gasteiger partial charge in [0.1, 0.15) is 0 Å². The van der Waals surface area contributed by atoms with Crippen LogP contribution in [0.2, 0.25) is 0 Å². The zero-order valence-corrected chi connectivity index (χ0v) is 9.76. The molecule has 0 bridgehead atoms. The normalized spacial score (nSPS) is 11.9. The summed E-state index contributed by atoms with van der Waals surface area (Å²) in [5, 5.41) is -1.14. The number of halogens is 1. The molecule has 0 N–H and O–H groups in total. The molecular weight excluding hydrogens is 216 g/mol. The van der Waals surface area contributed by atoms with Gasteiger partial charge in [0.15, 0.2) is 11.2 Å². The highest BCUT2D eigenvalue weighted by Gasteiger charge is 2.24. The molecule has 86 valence electrons. The van der Waals surface area contributed by atoms with Crippen LogP contribution in [0.1, 0.15) is 32.6 Å². The molecule has 0 aromatic rings. The summed E-state index contributed by atoms with van der Waals surface area (Å²) in [7, 11) is 0. The van der Waals surface area contributed by atoms with Crippen molar-refractivity contribution in [1.82, 2.24) is 0 Å². The number of unbranched alkanes of at least 4 members (excludes halogenated alkanes) is 2. The molecule has 15 heavy (non-hydrogen) atoms. The second-order valence-corrected chi connectivity index (χ2v) is 3.55. The Morgan fingerprint density at radius 1 is 1.47 bits per heavy atom. The van der Waals surface area contributed by atoms with Crippen molar-refractivity contribution in [3.05, 3.63) is 12.7 Å². The van der Waals surface area contributed by atoms with Gasteiger partial charge in [-0.05, 0) is 26.2 Å². The van der Waals surface area contributed by atoms with Gasteiger partial charge in [-0.2, -0.15) is 0 Å². The average molecular weight is 233 g/mol. The van der Waals surface area contributed by atoms with Crippen LogP contribution in [0.15, 0.2) is 12.7 Å². The first-order valence-corrected chi connectivity index (χ1v) is 5.51. The highest BCUT2D eigenvalue weighted by Crippen LogP contribution is 2.08. The maximum Gasteiger partial charge on any atom is 0.331 e. The molecular formula is C11H17ClO3. The van der Waals surface area contributed by atoms with Gasteiger partial charge in [-0.15, -0.1) is 18.2 Å². The molecule has 0 fully saturated rings. The molecule has 0 aliphatic heterocycles. The number of rotatable bonds is 8. The molecule has 1 unspecified atom stereocenters. The molecule has 0 aliphatic rings. The van der Waals surface area contributed by atoms with Crippen LogP contribution in [0, 0.1) is 0 Å². The monoisotopic (exact) mass is 232 g/mol. The second kappa shape index (κ2) is 8.48. The number of allylic oxidation sites excluding steroid dienone is 1. The largest absolute Gasteiger partial charge is 0.465 e. The van der Waals surface area contributed by atoms with Crippen molar-refractivity contribution < 1.29 is 14.3 Å². The van der Waals surface area contributed by atoms with Gasteiger partial charge in [0.25, 0.3) is 0 Å². The van der Waals surface area contributed by atoms with Gasteiger partial charge in [0.2, 0.25) is 0 Å². The van der Waals surface area contributed by atoms with Crippen LogP contribution < -0.4 is 0 Å². The lowest BCUT2D eigenvalue weighted by molar-refractivity contribution is -0.145. The van der Waals surface area contributed by atoms with Crippen molar-refractivity contribution in [2.45, 2.75) is 38.0 Å². The highest BCUT2D eigenvalue weighted by atomic mass is 35.5. The van der Waals surface area contributed by atoms with E-state index >= 15 is 0 Å². The van der Waals surface area contributed by atoms with Gasteiger partial charge in [0, 0.05) is 6.42 Å². The van der Waals surface area contributed by atoms with E-state index in [1.54, 1.807) is 13.0 Å². The van der Waals surface area contributed by atoms with Gasteiger partial charge >= 0.3 is 5.97 Å². The Balaban J connectivity index is 3.78. The Morgan fingerprint density at radius 3 is 2.67 bits per heavy atom. The molecule has 0 aromatic carbocycles. The van der Waals surface area contributed by atoms with E-state index in [9.17, 15) is 9.59 Å². The Morgan fingerprint density at radius 2 is 2.13 bits per heavy atom. The molecule has 0 rings (SSSR count). The molecule has 0 radical (unpaired) electrons. The summed E-state index contributed by atoms with van der Waals surface area (Å²) in [6.07, 6.45) is 4.61. The van der Waals surface area contributed by atoms with Crippen LogP contribution in [0.3, 0.4) is 0 Å². The molecule has 4 heteroatoms. The first kappa shape index (κ1) is 14.2. The summed E-state index contributed by atoms with van der Waals surface area (Å²) in [5.74, 6) is -0.910. The maximum absolute atomic E-state index is 11.4. The smallest absolute Gasteiger partial charge is 0.331 e. The minimum absolute atomic E-state index is 0.242. The predicted molar refractivity (Wildman–Crippen MR) is 59.9 cm³/mol. The topological polar surface area (TPSA) is 43.4 Å². The molecule has 0 spiro atoms. The summed E-state index contributed by atoms with van der Waals surface area (Å²) in [6.45, 7) is 5.50. The minimum atomic E-state index is -1.14. The molecule has 0 aromatic heterocycles. The molecule has 0 saturated carbocycles. The fourth-order valence-electron chi connectivity index (χ4n) is 1.06. The lowest BCUT2D eigenvalue weighted by Gasteiger charge is -2.07. The van der Waals surface area contributed by atoms with Crippen molar-refractivity contribution in [3.8, 4) is 0 Å². The number of hydrogen-bond donors (Lipinski definition) is 0. The van der Waals surface area contributed by atoms with E-state index in [0.717, 1.165) is 19.3 Å². The van der Waals surface area contributed by atoms with Gasteiger partial charge in [-0.1, -0.05) is 6.08 Å². The highest BCUT2D eigenvalue weighted by molar-refractivity contribution is 6.41. The second-order valence-electron chi connectivity index (χ2n) is 3.12. The minimum Gasteiger partial charge on any atom is -0.465 e. The van der Waals surface area contributed by atoms with Crippen LogP contribution >= 0.6 is 11.6 Å². The maximum atomic E-state index is 11.4. The zero-order valence-electron chi connectivity index (χ0n) is 9.00. The first-order chi connectivity index (χ1) is 7.13. The fourth-order valence-corrected chi connectivity index (χ4v) is 1.23. The van der Waals surface area contributed by atoms with Gasteiger partial charge in [-0.25, -0.2) is 4.79 Å². The van der Waals surface area contributed by atoms with E-state index in [1.165, 1.54) is 0 Å². The van der Waals surface area contributed by atoms with Crippen molar-refractivity contribution in [3.63, 3.8) is 0 Å². The number of esters is 1. The Hall–Kier alpha value is -0.830. The molecule has 0 heterocycles. The van der Waals surface area contributed by atoms with Gasteiger partial charge in [0.05, 0.1) is 6.61 Å². The number of carbonyl (C=O) groups is 2. The van der Waals surface area contributed by atoms with Crippen LogP contribution in [-0.4, -0.2) is 23.7 Å². The number of hydrogen-bond acceptors (Lipinski definition) is 3. The summed E-state index contributed by atoms with van der Waals surface area (Å²) in [4.78, 5) is 22.4. The first-order valence-electron chi connectivity index (χ1n) is 5.07. The molecule has 0 amide bonds. The summed E-state index contributed by atoms with van der Waals surface area (Å²) in [6, 6.07) is 0. The molecule has 3 nitrogen and oxygen atoms in total. The number of Topliss-reactive ketones (excluding diaryl/α,β-unsaturated/α-hetero) is 1. The van der Waals surface area contributed by atoms with E-state index in [2.05, 4.69) is 11.3 Å². The summed E-state index contributed by atoms with van der Waals surface area (Å²) >= 11 is 5.63. The molecule has 0 aliphatic carbocycles. The van der Waals surface area contributed by atoms with Gasteiger partial charge in [-0.3, -0.25) is 4.79 Å². The van der Waals surface area contributed by atoms with Crippen molar-refractivity contribution in [2.75, 3.05) is 6.61 Å². The Bertz CT molecular complexity index is 226. The van der Waals surface area contributed by atoms with E-state index in [0.29, 0.717) is 6.42 Å². The van der Waals surface area contributed by atoms with E-state index in [-0.39, 0.29) is 12.4 Å². The zero-order chi connectivity index (χ0) is 11.7. The van der Waals surface area contributed by atoms with Crippen LogP contribution in [0.4, 0.5) is 0 Å². The van der Waals surface area contributed by atoms with Crippen LogP contribution in [0.25, 0.3) is 0 Å². The van der Waals surface area contributed by atoms with Crippen molar-refractivity contribution in [1.29, 1.82) is 0 Å². The third kappa shape index (κ3) is 6.28. The fraction of sp³-hybridized carbons (Fsp3) is 0.636. The van der Waals surface area contributed by atoms with Crippen LogP contribution in [-0.2, 0) is 14.3 Å². The Kier molecular flexibility index (Phi) is 8.01. The van der Waals surface area contributed by atoms with Gasteiger partial charge < -0.3 is 4.74 Å². The number of ether oxygens (including phenoxy) is 1. The third-order valence-corrected chi connectivity index (χ3v) is 2.28. The van der Waals surface area contributed by atoms with E-state index < -0.39 is 11.3 Å². The van der Waals surface area contributed by atoms with E-state index in [4.69, 9.17) is 11.6 Å². The quantitative estimate of drug-likeness (QED) is 0.212. The number of ketones is 1.